The Morgan fingerprint density at radius 2 is 2.05 bits per heavy atom. The Kier molecular flexibility index (Phi) is 2.88. The SMILES string of the molecule is Cc1cc2c(N)nc(-c3ccc(F)cc3Cl)nc2s1. The highest BCUT2D eigenvalue weighted by molar-refractivity contribution is 7.18. The Bertz CT molecular complexity index is 785. The van der Waals surface area contributed by atoms with Crippen molar-refractivity contribution in [2.75, 3.05) is 5.73 Å². The van der Waals surface area contributed by atoms with Gasteiger partial charge in [-0.1, -0.05) is 11.6 Å². The van der Waals surface area contributed by atoms with Crippen LogP contribution in [0.1, 0.15) is 4.88 Å². The lowest BCUT2D eigenvalue weighted by Gasteiger charge is -2.04. The molecule has 2 aromatic heterocycles. The Morgan fingerprint density at radius 3 is 2.79 bits per heavy atom. The van der Waals surface area contributed by atoms with Crippen molar-refractivity contribution in [1.29, 1.82) is 0 Å². The molecule has 3 rings (SSSR count). The van der Waals surface area contributed by atoms with Gasteiger partial charge in [0.2, 0.25) is 0 Å². The minimum absolute atomic E-state index is 0.270. The fourth-order valence-corrected chi connectivity index (χ4v) is 2.99. The number of hydrogen-bond acceptors (Lipinski definition) is 4. The van der Waals surface area contributed by atoms with Crippen molar-refractivity contribution in [2.24, 2.45) is 0 Å². The number of fused-ring (bicyclic) bond motifs is 1. The van der Waals surface area contributed by atoms with Crippen LogP contribution in [0.25, 0.3) is 21.6 Å². The van der Waals surface area contributed by atoms with Crippen molar-refractivity contribution in [3.63, 3.8) is 0 Å². The van der Waals surface area contributed by atoms with E-state index < -0.39 is 5.82 Å². The number of hydrogen-bond donors (Lipinski definition) is 1. The molecule has 0 saturated heterocycles. The van der Waals surface area contributed by atoms with E-state index in [2.05, 4.69) is 9.97 Å². The number of aromatic nitrogens is 2. The predicted molar refractivity (Wildman–Crippen MR) is 77.0 cm³/mol. The topological polar surface area (TPSA) is 51.8 Å². The van der Waals surface area contributed by atoms with Gasteiger partial charge in [0.15, 0.2) is 5.82 Å². The van der Waals surface area contributed by atoms with Crippen LogP contribution in [0.2, 0.25) is 5.02 Å². The highest BCUT2D eigenvalue weighted by Gasteiger charge is 2.12. The summed E-state index contributed by atoms with van der Waals surface area (Å²) in [5.41, 5.74) is 6.50. The molecule has 0 aliphatic carbocycles. The van der Waals surface area contributed by atoms with E-state index in [4.69, 9.17) is 17.3 Å². The second-order valence-electron chi connectivity index (χ2n) is 4.13. The maximum atomic E-state index is 13.1. The molecule has 0 atom stereocenters. The molecule has 0 aliphatic rings. The number of thiophene rings is 1. The first-order chi connectivity index (χ1) is 9.04. The highest BCUT2D eigenvalue weighted by Crippen LogP contribution is 2.32. The van der Waals surface area contributed by atoms with Gasteiger partial charge in [0, 0.05) is 10.4 Å². The van der Waals surface area contributed by atoms with Gasteiger partial charge in [-0.25, -0.2) is 14.4 Å². The zero-order valence-corrected chi connectivity index (χ0v) is 11.5. The maximum absolute atomic E-state index is 13.1. The van der Waals surface area contributed by atoms with Crippen molar-refractivity contribution >= 4 is 39.0 Å². The fraction of sp³-hybridized carbons (Fsp3) is 0.0769. The third-order valence-electron chi connectivity index (χ3n) is 2.72. The predicted octanol–water partition coefficient (Wildman–Crippen LogP) is 4.04. The first kappa shape index (κ1) is 12.3. The van der Waals surface area contributed by atoms with Crippen LogP contribution in [0.3, 0.4) is 0 Å². The van der Waals surface area contributed by atoms with Crippen molar-refractivity contribution in [2.45, 2.75) is 6.92 Å². The van der Waals surface area contributed by atoms with Gasteiger partial charge in [0.05, 0.1) is 10.4 Å². The average Bonchev–Trinajstić information content (AvgIpc) is 2.70. The number of anilines is 1. The summed E-state index contributed by atoms with van der Waals surface area (Å²) in [7, 11) is 0. The minimum atomic E-state index is -0.394. The standard InChI is InChI=1S/C13H9ClFN3S/c1-6-4-9-11(16)17-12(18-13(9)19-6)8-3-2-7(15)5-10(8)14/h2-5H,1H3,(H2,16,17,18). The second-order valence-corrected chi connectivity index (χ2v) is 5.77. The van der Waals surface area contributed by atoms with E-state index in [1.165, 1.54) is 23.5 Å². The Balaban J connectivity index is 2.25. The van der Waals surface area contributed by atoms with Gasteiger partial charge in [0.1, 0.15) is 16.5 Å². The quantitative estimate of drug-likeness (QED) is 0.736. The summed E-state index contributed by atoms with van der Waals surface area (Å²) in [5, 5.41) is 1.11. The van der Waals surface area contributed by atoms with Crippen LogP contribution in [-0.4, -0.2) is 9.97 Å². The highest BCUT2D eigenvalue weighted by atomic mass is 35.5. The van der Waals surface area contributed by atoms with Crippen LogP contribution < -0.4 is 5.73 Å². The van der Waals surface area contributed by atoms with Crippen LogP contribution in [0.5, 0.6) is 0 Å². The molecule has 3 nitrogen and oxygen atoms in total. The molecule has 0 bridgehead atoms. The van der Waals surface area contributed by atoms with Gasteiger partial charge in [-0.2, -0.15) is 0 Å². The molecule has 0 amide bonds. The first-order valence-corrected chi connectivity index (χ1v) is 6.73. The molecule has 3 aromatic rings. The summed E-state index contributed by atoms with van der Waals surface area (Å²) in [6.07, 6.45) is 0. The molecule has 19 heavy (non-hydrogen) atoms. The second kappa shape index (κ2) is 4.43. The van der Waals surface area contributed by atoms with E-state index in [0.717, 1.165) is 15.1 Å². The lowest BCUT2D eigenvalue weighted by Crippen LogP contribution is -1.96. The molecule has 0 saturated carbocycles. The number of benzene rings is 1. The van der Waals surface area contributed by atoms with Crippen LogP contribution >= 0.6 is 22.9 Å². The number of rotatable bonds is 1. The smallest absolute Gasteiger partial charge is 0.164 e. The van der Waals surface area contributed by atoms with E-state index in [-0.39, 0.29) is 5.02 Å². The van der Waals surface area contributed by atoms with Gasteiger partial charge in [-0.3, -0.25) is 0 Å². The maximum Gasteiger partial charge on any atom is 0.164 e. The lowest BCUT2D eigenvalue weighted by molar-refractivity contribution is 0.628. The van der Waals surface area contributed by atoms with Gasteiger partial charge in [-0.15, -0.1) is 11.3 Å². The summed E-state index contributed by atoms with van der Waals surface area (Å²) in [6, 6.07) is 6.06. The molecule has 0 fully saturated rings. The average molecular weight is 294 g/mol. The molecule has 0 radical (unpaired) electrons. The summed E-state index contributed by atoms with van der Waals surface area (Å²) in [4.78, 5) is 10.6. The van der Waals surface area contributed by atoms with Gasteiger partial charge < -0.3 is 5.73 Å². The van der Waals surface area contributed by atoms with E-state index in [0.29, 0.717) is 17.2 Å². The molecular weight excluding hydrogens is 285 g/mol. The Morgan fingerprint density at radius 1 is 1.26 bits per heavy atom. The third-order valence-corrected chi connectivity index (χ3v) is 3.97. The molecule has 1 aromatic carbocycles. The van der Waals surface area contributed by atoms with Gasteiger partial charge >= 0.3 is 0 Å². The van der Waals surface area contributed by atoms with Crippen molar-refractivity contribution in [3.05, 3.63) is 40.0 Å². The number of halogens is 2. The van der Waals surface area contributed by atoms with Crippen LogP contribution in [0, 0.1) is 12.7 Å². The number of nitrogens with zero attached hydrogens (tertiary/aromatic N) is 2. The van der Waals surface area contributed by atoms with Crippen molar-refractivity contribution < 1.29 is 4.39 Å². The van der Waals surface area contributed by atoms with Crippen molar-refractivity contribution in [1.82, 2.24) is 9.97 Å². The van der Waals surface area contributed by atoms with Crippen LogP contribution in [0.15, 0.2) is 24.3 Å². The number of aryl methyl sites for hydroxylation is 1. The molecule has 2 heterocycles. The van der Waals surface area contributed by atoms with E-state index in [9.17, 15) is 4.39 Å². The first-order valence-electron chi connectivity index (χ1n) is 5.53. The van der Waals surface area contributed by atoms with Gasteiger partial charge in [-0.05, 0) is 31.2 Å². The van der Waals surface area contributed by atoms with E-state index >= 15 is 0 Å². The zero-order chi connectivity index (χ0) is 13.6. The molecule has 96 valence electrons. The Hall–Kier alpha value is -1.72. The molecule has 0 unspecified atom stereocenters. The summed E-state index contributed by atoms with van der Waals surface area (Å²) in [5.74, 6) is 0.427. The Labute approximate surface area is 117 Å². The summed E-state index contributed by atoms with van der Waals surface area (Å²) >= 11 is 7.55. The normalized spacial score (nSPS) is 11.1. The van der Waals surface area contributed by atoms with E-state index in [1.54, 1.807) is 6.07 Å². The largest absolute Gasteiger partial charge is 0.383 e. The summed E-state index contributed by atoms with van der Waals surface area (Å²) in [6.45, 7) is 1.98. The van der Waals surface area contributed by atoms with Crippen LogP contribution in [-0.2, 0) is 0 Å². The lowest BCUT2D eigenvalue weighted by atomic mass is 10.2. The van der Waals surface area contributed by atoms with E-state index in [1.807, 2.05) is 13.0 Å². The van der Waals surface area contributed by atoms with Crippen LogP contribution in [0.4, 0.5) is 10.2 Å². The molecule has 0 aliphatic heterocycles. The molecule has 2 N–H and O–H groups in total. The fourth-order valence-electron chi connectivity index (χ4n) is 1.86. The third kappa shape index (κ3) is 2.15. The number of nitrogen functional groups attached to an aromatic ring is 1. The molecule has 6 heteroatoms. The molecule has 0 spiro atoms. The minimum Gasteiger partial charge on any atom is -0.383 e. The summed E-state index contributed by atoms with van der Waals surface area (Å²) < 4.78 is 13.1. The molecular formula is C13H9ClFN3S. The monoisotopic (exact) mass is 293 g/mol. The zero-order valence-electron chi connectivity index (χ0n) is 9.95. The van der Waals surface area contributed by atoms with Gasteiger partial charge in [0.25, 0.3) is 0 Å². The number of nitrogens with two attached hydrogens (primary N) is 1. The van der Waals surface area contributed by atoms with Crippen molar-refractivity contribution in [3.8, 4) is 11.4 Å².